The van der Waals surface area contributed by atoms with Gasteiger partial charge >= 0.3 is 0 Å². The lowest BCUT2D eigenvalue weighted by Crippen LogP contribution is -2.47. The highest BCUT2D eigenvalue weighted by Gasteiger charge is 2.23. The van der Waals surface area contributed by atoms with E-state index in [1.54, 1.807) is 6.07 Å². The van der Waals surface area contributed by atoms with Gasteiger partial charge in [0.05, 0.1) is 5.69 Å². The summed E-state index contributed by atoms with van der Waals surface area (Å²) in [6, 6.07) is 9.96. The smallest absolute Gasteiger partial charge is 0.231 e. The molecule has 3 heterocycles. The molecule has 124 valence electrons. The Kier molecular flexibility index (Phi) is 3.38. The number of aromatic nitrogens is 1. The molecule has 1 saturated heterocycles. The number of nitriles is 1. The van der Waals surface area contributed by atoms with Crippen molar-refractivity contribution in [2.24, 2.45) is 7.05 Å². The zero-order valence-electron chi connectivity index (χ0n) is 13.5. The standard InChI is InChI=1S/C17H19N5O2/c1-20-13(10-18)8-14(19)17(20)22-6-4-21(5-7-22)12-2-3-15-16(9-12)24-11-23-15/h2-3,8-9H,4-7,11,19H2,1H3. The van der Waals surface area contributed by atoms with Gasteiger partial charge in [-0.3, -0.25) is 0 Å². The first-order valence-electron chi connectivity index (χ1n) is 7.92. The fraction of sp³-hybridized carbons (Fsp3) is 0.353. The third-order valence-corrected chi connectivity index (χ3v) is 4.64. The Labute approximate surface area is 140 Å². The summed E-state index contributed by atoms with van der Waals surface area (Å²) in [4.78, 5) is 4.56. The molecule has 0 radical (unpaired) electrons. The van der Waals surface area contributed by atoms with E-state index in [9.17, 15) is 0 Å². The van der Waals surface area contributed by atoms with Crippen LogP contribution in [0.5, 0.6) is 11.5 Å². The monoisotopic (exact) mass is 325 g/mol. The molecule has 0 amide bonds. The zero-order chi connectivity index (χ0) is 16.7. The third kappa shape index (κ3) is 2.27. The lowest BCUT2D eigenvalue weighted by Gasteiger charge is -2.37. The lowest BCUT2D eigenvalue weighted by atomic mass is 10.2. The first kappa shape index (κ1) is 14.6. The van der Waals surface area contributed by atoms with Gasteiger partial charge in [0, 0.05) is 45.0 Å². The van der Waals surface area contributed by atoms with Gasteiger partial charge in [0.15, 0.2) is 11.5 Å². The number of piperazine rings is 1. The molecule has 7 heteroatoms. The number of benzene rings is 1. The average Bonchev–Trinajstić information content (AvgIpc) is 3.18. The summed E-state index contributed by atoms with van der Waals surface area (Å²) in [6.07, 6.45) is 0. The van der Waals surface area contributed by atoms with Gasteiger partial charge in [-0.1, -0.05) is 0 Å². The Morgan fingerprint density at radius 1 is 1.04 bits per heavy atom. The van der Waals surface area contributed by atoms with Gasteiger partial charge in [0.2, 0.25) is 6.79 Å². The number of hydrogen-bond acceptors (Lipinski definition) is 6. The highest BCUT2D eigenvalue weighted by atomic mass is 16.7. The maximum atomic E-state index is 9.15. The fourth-order valence-electron chi connectivity index (χ4n) is 3.38. The van der Waals surface area contributed by atoms with Crippen LogP contribution < -0.4 is 25.0 Å². The van der Waals surface area contributed by atoms with Crippen LogP contribution in [0.25, 0.3) is 0 Å². The molecule has 2 aliphatic rings. The summed E-state index contributed by atoms with van der Waals surface area (Å²) in [7, 11) is 1.88. The Morgan fingerprint density at radius 3 is 2.46 bits per heavy atom. The number of hydrogen-bond donors (Lipinski definition) is 1. The molecule has 2 aromatic rings. The van der Waals surface area contributed by atoms with Crippen LogP contribution in [-0.4, -0.2) is 37.5 Å². The van der Waals surface area contributed by atoms with Crippen LogP contribution in [0.4, 0.5) is 17.2 Å². The normalized spacial score (nSPS) is 16.3. The Bertz CT molecular complexity index is 815. The van der Waals surface area contributed by atoms with Crippen molar-refractivity contribution >= 4 is 17.2 Å². The molecule has 0 aliphatic carbocycles. The molecular weight excluding hydrogens is 306 g/mol. The van der Waals surface area contributed by atoms with Crippen LogP contribution in [0.1, 0.15) is 5.69 Å². The molecule has 0 atom stereocenters. The minimum atomic E-state index is 0.292. The minimum Gasteiger partial charge on any atom is -0.454 e. The fourth-order valence-corrected chi connectivity index (χ4v) is 3.38. The Morgan fingerprint density at radius 2 is 1.75 bits per heavy atom. The molecule has 1 aromatic carbocycles. The molecule has 0 saturated carbocycles. The van der Waals surface area contributed by atoms with Crippen LogP contribution >= 0.6 is 0 Å². The Hall–Kier alpha value is -3.01. The highest BCUT2D eigenvalue weighted by molar-refractivity contribution is 5.68. The number of nitrogens with zero attached hydrogens (tertiary/aromatic N) is 4. The molecule has 2 aliphatic heterocycles. The molecule has 1 fully saturated rings. The number of nitrogen functional groups attached to an aromatic ring is 1. The molecule has 1 aromatic heterocycles. The summed E-state index contributed by atoms with van der Waals surface area (Å²) < 4.78 is 12.7. The molecule has 0 bridgehead atoms. The van der Waals surface area contributed by atoms with Crippen molar-refractivity contribution in [2.45, 2.75) is 0 Å². The largest absolute Gasteiger partial charge is 0.454 e. The topological polar surface area (TPSA) is 79.7 Å². The summed E-state index contributed by atoms with van der Waals surface area (Å²) in [5.41, 5.74) is 8.48. The maximum Gasteiger partial charge on any atom is 0.231 e. The van der Waals surface area contributed by atoms with E-state index in [1.165, 1.54) is 0 Å². The summed E-state index contributed by atoms with van der Waals surface area (Å²) >= 11 is 0. The number of ether oxygens (including phenoxy) is 2. The highest BCUT2D eigenvalue weighted by Crippen LogP contribution is 2.36. The second-order valence-electron chi connectivity index (χ2n) is 5.99. The molecule has 0 spiro atoms. The van der Waals surface area contributed by atoms with E-state index in [2.05, 4.69) is 21.9 Å². The minimum absolute atomic E-state index is 0.292. The van der Waals surface area contributed by atoms with Gasteiger partial charge in [0.1, 0.15) is 17.6 Å². The van der Waals surface area contributed by atoms with Crippen LogP contribution in [0, 0.1) is 11.3 Å². The quantitative estimate of drug-likeness (QED) is 0.902. The maximum absolute atomic E-state index is 9.15. The van der Waals surface area contributed by atoms with Crippen molar-refractivity contribution in [2.75, 3.05) is 48.5 Å². The molecule has 7 nitrogen and oxygen atoms in total. The number of fused-ring (bicyclic) bond motifs is 1. The van der Waals surface area contributed by atoms with E-state index in [1.807, 2.05) is 23.7 Å². The predicted molar refractivity (Wildman–Crippen MR) is 91.5 cm³/mol. The third-order valence-electron chi connectivity index (χ3n) is 4.64. The van der Waals surface area contributed by atoms with Crippen molar-refractivity contribution in [1.29, 1.82) is 5.26 Å². The van der Waals surface area contributed by atoms with E-state index in [4.69, 9.17) is 20.5 Å². The number of rotatable bonds is 2. The second-order valence-corrected chi connectivity index (χ2v) is 5.99. The summed E-state index contributed by atoms with van der Waals surface area (Å²) in [5, 5.41) is 9.15. The van der Waals surface area contributed by atoms with Gasteiger partial charge in [0.25, 0.3) is 0 Å². The van der Waals surface area contributed by atoms with Gasteiger partial charge in [-0.15, -0.1) is 0 Å². The SMILES string of the molecule is Cn1c(C#N)cc(N)c1N1CCN(c2ccc3c(c2)OCO3)CC1. The first-order valence-corrected chi connectivity index (χ1v) is 7.92. The van der Waals surface area contributed by atoms with Crippen molar-refractivity contribution < 1.29 is 9.47 Å². The van der Waals surface area contributed by atoms with E-state index in [0.717, 1.165) is 49.2 Å². The first-order chi connectivity index (χ1) is 11.7. The molecule has 4 rings (SSSR count). The van der Waals surface area contributed by atoms with E-state index in [0.29, 0.717) is 18.2 Å². The van der Waals surface area contributed by atoms with Crippen molar-refractivity contribution in [1.82, 2.24) is 4.57 Å². The van der Waals surface area contributed by atoms with Gasteiger partial charge in [-0.2, -0.15) is 5.26 Å². The lowest BCUT2D eigenvalue weighted by molar-refractivity contribution is 0.174. The van der Waals surface area contributed by atoms with Crippen molar-refractivity contribution in [3.63, 3.8) is 0 Å². The van der Waals surface area contributed by atoms with E-state index >= 15 is 0 Å². The Balaban J connectivity index is 1.49. The second kappa shape index (κ2) is 5.57. The molecule has 2 N–H and O–H groups in total. The van der Waals surface area contributed by atoms with Crippen LogP contribution in [0.3, 0.4) is 0 Å². The number of anilines is 3. The van der Waals surface area contributed by atoms with Gasteiger partial charge in [-0.25, -0.2) is 0 Å². The molecule has 0 unspecified atom stereocenters. The average molecular weight is 325 g/mol. The number of nitrogens with two attached hydrogens (primary N) is 1. The van der Waals surface area contributed by atoms with Crippen molar-refractivity contribution in [3.05, 3.63) is 30.0 Å². The summed E-state index contributed by atoms with van der Waals surface area (Å²) in [6.45, 7) is 3.75. The van der Waals surface area contributed by atoms with E-state index < -0.39 is 0 Å². The summed E-state index contributed by atoms with van der Waals surface area (Å²) in [5.74, 6) is 2.54. The van der Waals surface area contributed by atoms with E-state index in [-0.39, 0.29) is 0 Å². The predicted octanol–water partition coefficient (Wildman–Crippen LogP) is 1.53. The molecular formula is C17H19N5O2. The van der Waals surface area contributed by atoms with Crippen LogP contribution in [0.2, 0.25) is 0 Å². The van der Waals surface area contributed by atoms with Gasteiger partial charge in [-0.05, 0) is 18.2 Å². The zero-order valence-corrected chi connectivity index (χ0v) is 13.5. The van der Waals surface area contributed by atoms with Crippen molar-refractivity contribution in [3.8, 4) is 17.6 Å². The van der Waals surface area contributed by atoms with Crippen LogP contribution in [0.15, 0.2) is 24.3 Å². The van der Waals surface area contributed by atoms with Crippen LogP contribution in [-0.2, 0) is 7.05 Å². The van der Waals surface area contributed by atoms with Gasteiger partial charge < -0.3 is 29.6 Å². The molecule has 24 heavy (non-hydrogen) atoms.